The average molecular weight is 1040 g/mol. The maximum Gasteiger partial charge on any atom is 0.249 e. The van der Waals surface area contributed by atoms with E-state index in [1.807, 2.05) is 17.8 Å². The number of hydrogen-bond acceptors (Lipinski definition) is 4. The minimum Gasteiger partial charge on any atom is -0.311 e. The molecule has 0 fully saturated rings. The van der Waals surface area contributed by atoms with E-state index in [1.165, 1.54) is 58.8 Å². The fraction of sp³-hybridized carbons (Fsp3) is 0. The summed E-state index contributed by atoms with van der Waals surface area (Å²) in [5, 5.41) is 15.5. The van der Waals surface area contributed by atoms with Gasteiger partial charge in [0.2, 0.25) is 6.71 Å². The van der Waals surface area contributed by atoms with Crippen LogP contribution < -0.4 is 26.2 Å². The van der Waals surface area contributed by atoms with Gasteiger partial charge in [-0.15, -0.1) is 0 Å². The van der Waals surface area contributed by atoms with Crippen molar-refractivity contribution in [3.8, 4) is 39.7 Å². The van der Waals surface area contributed by atoms with Gasteiger partial charge in [0.15, 0.2) is 0 Å². The van der Waals surface area contributed by atoms with Crippen LogP contribution in [0.2, 0.25) is 0 Å². The number of benzene rings is 12. The first-order valence-corrected chi connectivity index (χ1v) is 28.0. The van der Waals surface area contributed by atoms with Crippen LogP contribution >= 0.6 is 11.8 Å². The quantitative estimate of drug-likeness (QED) is 0.142. The summed E-state index contributed by atoms with van der Waals surface area (Å²) in [5.41, 5.74) is 21.8. The van der Waals surface area contributed by atoms with Crippen LogP contribution in [0, 0.1) is 11.3 Å². The van der Waals surface area contributed by atoms with Gasteiger partial charge in [-0.05, 0) is 125 Å². The lowest BCUT2D eigenvalue weighted by molar-refractivity contribution is 1.16. The minimum atomic E-state index is -0.120. The van der Waals surface area contributed by atoms with E-state index in [-0.39, 0.29) is 6.71 Å². The van der Waals surface area contributed by atoms with Crippen LogP contribution in [0.4, 0.5) is 34.1 Å². The van der Waals surface area contributed by atoms with E-state index in [0.717, 1.165) is 78.8 Å². The molecule has 0 atom stereocenters. The molecule has 14 aromatic rings. The number of hydrogen-bond donors (Lipinski definition) is 0. The molecule has 12 aromatic carbocycles. The highest BCUT2D eigenvalue weighted by Gasteiger charge is 2.42. The SMILES string of the molecule is N#Cc1ccc(-n2c3ccccc3c3ccccc32)c(-c2ccc3c(c2)N(c2ccccc2-c2ccccc2)c2cc(N(c4ccccc4)c4ccccc4)cc4c2B3c2ccc(-n3c5ccccc5c5ccccc53)cc2S4)c1. The molecule has 0 N–H and O–H groups in total. The van der Waals surface area contributed by atoms with E-state index < -0.39 is 0 Å². The average Bonchev–Trinajstić information content (AvgIpc) is 4.16. The third-order valence-corrected chi connectivity index (χ3v) is 17.5. The highest BCUT2D eigenvalue weighted by Crippen LogP contribution is 2.50. The van der Waals surface area contributed by atoms with Crippen molar-refractivity contribution in [2.24, 2.45) is 0 Å². The van der Waals surface area contributed by atoms with Gasteiger partial charge in [-0.25, -0.2) is 0 Å². The monoisotopic (exact) mass is 1040 g/mol. The number of aromatic nitrogens is 2. The Balaban J connectivity index is 0.993. The molecule has 2 aliphatic rings. The number of nitriles is 1. The largest absolute Gasteiger partial charge is 0.311 e. The molecule has 0 saturated heterocycles. The molecular formula is C73H46BN5S. The summed E-state index contributed by atoms with van der Waals surface area (Å²) in [7, 11) is 0. The second kappa shape index (κ2) is 18.5. The standard InChI is InChI=1S/C73H46BN5S/c75-47-48-36-41-68(78-66-34-18-13-29-58(66)59-30-14-19-35-67(59)78)60(42-48)50-37-39-61-69(43-50)79(63-31-15-10-26-55(63)49-20-4-1-5-21-49)70-44-54(76(51-22-6-2-7-23-51)52-24-8-3-9-25-52)46-72-73(70)74(61)62-40-38-53(45-71(62)80-72)77-64-32-16-11-27-56(64)57-28-12-17-33-65(57)77/h1-46H. The Morgan fingerprint density at radius 1 is 0.362 bits per heavy atom. The van der Waals surface area contributed by atoms with E-state index in [1.54, 1.807) is 0 Å². The number of para-hydroxylation sites is 7. The first-order chi connectivity index (χ1) is 39.7. The molecule has 0 spiro atoms. The summed E-state index contributed by atoms with van der Waals surface area (Å²) in [6, 6.07) is 104. The highest BCUT2D eigenvalue weighted by molar-refractivity contribution is 8.00. The van der Waals surface area contributed by atoms with Gasteiger partial charge in [0.25, 0.3) is 0 Å². The number of nitrogens with zero attached hydrogens (tertiary/aromatic N) is 5. The predicted molar refractivity (Wildman–Crippen MR) is 335 cm³/mol. The zero-order valence-electron chi connectivity index (χ0n) is 43.3. The van der Waals surface area contributed by atoms with Crippen molar-refractivity contribution in [2.75, 3.05) is 9.80 Å². The maximum atomic E-state index is 10.6. The molecule has 7 heteroatoms. The van der Waals surface area contributed by atoms with Gasteiger partial charge in [0.1, 0.15) is 0 Å². The summed E-state index contributed by atoms with van der Waals surface area (Å²) in [5.74, 6) is 0. The molecule has 2 aromatic heterocycles. The summed E-state index contributed by atoms with van der Waals surface area (Å²) >= 11 is 1.87. The molecule has 80 heavy (non-hydrogen) atoms. The molecule has 0 amide bonds. The zero-order chi connectivity index (χ0) is 52.8. The lowest BCUT2D eigenvalue weighted by Crippen LogP contribution is -2.59. The van der Waals surface area contributed by atoms with Crippen molar-refractivity contribution in [1.82, 2.24) is 9.13 Å². The third kappa shape index (κ3) is 7.13. The zero-order valence-corrected chi connectivity index (χ0v) is 44.1. The van der Waals surface area contributed by atoms with Crippen LogP contribution in [-0.2, 0) is 0 Å². The second-order valence-corrected chi connectivity index (χ2v) is 21.8. The Bertz CT molecular complexity index is 4700. The van der Waals surface area contributed by atoms with Crippen LogP contribution in [0.1, 0.15) is 5.56 Å². The molecule has 16 rings (SSSR count). The summed E-state index contributed by atoms with van der Waals surface area (Å²) in [4.78, 5) is 7.37. The molecule has 0 radical (unpaired) electrons. The summed E-state index contributed by atoms with van der Waals surface area (Å²) in [6.45, 7) is -0.120. The summed E-state index contributed by atoms with van der Waals surface area (Å²) < 4.78 is 4.81. The molecule has 0 saturated carbocycles. The smallest absolute Gasteiger partial charge is 0.249 e. The molecule has 372 valence electrons. The van der Waals surface area contributed by atoms with Gasteiger partial charge in [0.05, 0.1) is 45.1 Å². The molecule has 0 aliphatic carbocycles. The van der Waals surface area contributed by atoms with Crippen LogP contribution in [0.25, 0.3) is 77.2 Å². The van der Waals surface area contributed by atoms with E-state index in [9.17, 15) is 5.26 Å². The molecule has 2 aliphatic heterocycles. The Kier molecular flexibility index (Phi) is 10.6. The number of rotatable bonds is 8. The molecule has 5 nitrogen and oxygen atoms in total. The van der Waals surface area contributed by atoms with Crippen molar-refractivity contribution in [2.45, 2.75) is 9.79 Å². The van der Waals surface area contributed by atoms with Crippen LogP contribution in [0.3, 0.4) is 0 Å². The Morgan fingerprint density at radius 2 is 0.912 bits per heavy atom. The van der Waals surface area contributed by atoms with Gasteiger partial charge in [-0.1, -0.05) is 193 Å². The summed E-state index contributed by atoms with van der Waals surface area (Å²) in [6.07, 6.45) is 0. The third-order valence-electron chi connectivity index (χ3n) is 16.4. The van der Waals surface area contributed by atoms with E-state index in [0.29, 0.717) is 5.56 Å². The van der Waals surface area contributed by atoms with Gasteiger partial charge in [0, 0.05) is 76.6 Å². The van der Waals surface area contributed by atoms with Gasteiger partial charge in [-0.2, -0.15) is 5.26 Å². The second-order valence-electron chi connectivity index (χ2n) is 20.7. The van der Waals surface area contributed by atoms with E-state index in [4.69, 9.17) is 0 Å². The first-order valence-electron chi connectivity index (χ1n) is 27.2. The lowest BCUT2D eigenvalue weighted by atomic mass is 9.34. The maximum absolute atomic E-state index is 10.6. The number of fused-ring (bicyclic) bond motifs is 10. The van der Waals surface area contributed by atoms with Gasteiger partial charge >= 0.3 is 0 Å². The molecule has 0 bridgehead atoms. The van der Waals surface area contributed by atoms with Gasteiger partial charge < -0.3 is 18.9 Å². The Labute approximate surface area is 468 Å². The normalized spacial score (nSPS) is 12.4. The first kappa shape index (κ1) is 45.9. The van der Waals surface area contributed by atoms with Crippen LogP contribution in [0.15, 0.2) is 289 Å². The van der Waals surface area contributed by atoms with E-state index >= 15 is 0 Å². The fourth-order valence-electron chi connectivity index (χ4n) is 13.0. The van der Waals surface area contributed by atoms with Crippen molar-refractivity contribution < 1.29 is 0 Å². The number of anilines is 6. The lowest BCUT2D eigenvalue weighted by Gasteiger charge is -2.42. The predicted octanol–water partition coefficient (Wildman–Crippen LogP) is 17.3. The Hall–Kier alpha value is -10.3. The molecule has 0 unspecified atom stereocenters. The highest BCUT2D eigenvalue weighted by atomic mass is 32.2. The topological polar surface area (TPSA) is 40.1 Å². The minimum absolute atomic E-state index is 0.120. The Morgan fingerprint density at radius 3 is 1.54 bits per heavy atom. The van der Waals surface area contributed by atoms with E-state index in [2.05, 4.69) is 298 Å². The molecular weight excluding hydrogens is 990 g/mol. The van der Waals surface area contributed by atoms with Crippen molar-refractivity contribution in [3.63, 3.8) is 0 Å². The van der Waals surface area contributed by atoms with Gasteiger partial charge in [-0.3, -0.25) is 0 Å². The van der Waals surface area contributed by atoms with Crippen molar-refractivity contribution >= 4 is 113 Å². The fourth-order valence-corrected chi connectivity index (χ4v) is 14.2. The van der Waals surface area contributed by atoms with Crippen molar-refractivity contribution in [3.05, 3.63) is 285 Å². The van der Waals surface area contributed by atoms with Crippen LogP contribution in [0.5, 0.6) is 0 Å². The molecule has 4 heterocycles. The van der Waals surface area contributed by atoms with Crippen LogP contribution in [-0.4, -0.2) is 15.8 Å². The van der Waals surface area contributed by atoms with Crippen molar-refractivity contribution in [1.29, 1.82) is 5.26 Å².